The number of amides is 1. The van der Waals surface area contributed by atoms with Crippen LogP contribution in [-0.2, 0) is 9.53 Å². The highest BCUT2D eigenvalue weighted by atomic mass is 35.5. The summed E-state index contributed by atoms with van der Waals surface area (Å²) >= 11 is 0. The van der Waals surface area contributed by atoms with Crippen molar-refractivity contribution in [1.29, 1.82) is 0 Å². The van der Waals surface area contributed by atoms with Crippen LogP contribution in [0.1, 0.15) is 44.9 Å². The van der Waals surface area contributed by atoms with Crippen molar-refractivity contribution >= 4 is 18.3 Å². The molecule has 0 unspecified atom stereocenters. The van der Waals surface area contributed by atoms with Crippen LogP contribution in [-0.4, -0.2) is 31.7 Å². The van der Waals surface area contributed by atoms with Gasteiger partial charge < -0.3 is 15.8 Å². The molecule has 4 nitrogen and oxygen atoms in total. The molecular formula is C12H25ClN2O2. The van der Waals surface area contributed by atoms with Crippen LogP contribution in [0.25, 0.3) is 0 Å². The lowest BCUT2D eigenvalue weighted by molar-refractivity contribution is -0.123. The number of carbonyl (C=O) groups excluding carboxylic acids is 1. The van der Waals surface area contributed by atoms with Crippen molar-refractivity contribution in [2.75, 3.05) is 20.3 Å². The summed E-state index contributed by atoms with van der Waals surface area (Å²) < 4.78 is 4.95. The van der Waals surface area contributed by atoms with Crippen LogP contribution in [0, 0.1) is 0 Å². The molecule has 0 aromatic rings. The van der Waals surface area contributed by atoms with Gasteiger partial charge in [-0.25, -0.2) is 0 Å². The maximum absolute atomic E-state index is 11.7. The van der Waals surface area contributed by atoms with E-state index >= 15 is 0 Å². The van der Waals surface area contributed by atoms with E-state index in [9.17, 15) is 4.79 Å². The monoisotopic (exact) mass is 264 g/mol. The van der Waals surface area contributed by atoms with Gasteiger partial charge in [-0.1, -0.05) is 12.8 Å². The number of carbonyl (C=O) groups is 1. The zero-order valence-electron chi connectivity index (χ0n) is 10.7. The smallest absolute Gasteiger partial charge is 0.220 e. The van der Waals surface area contributed by atoms with E-state index in [1.165, 1.54) is 12.8 Å². The Morgan fingerprint density at radius 1 is 1.35 bits per heavy atom. The molecule has 0 aliphatic heterocycles. The second-order valence-corrected chi connectivity index (χ2v) is 4.69. The SMILES string of the molecule is COCCCCC(=O)NC1(CN)CCCC1.Cl. The van der Waals surface area contributed by atoms with Crippen LogP contribution >= 0.6 is 12.4 Å². The number of unbranched alkanes of at least 4 members (excludes halogenated alkanes) is 1. The second-order valence-electron chi connectivity index (χ2n) is 4.69. The zero-order chi connectivity index (χ0) is 11.9. The maximum Gasteiger partial charge on any atom is 0.220 e. The van der Waals surface area contributed by atoms with E-state index in [4.69, 9.17) is 10.5 Å². The van der Waals surface area contributed by atoms with Crippen molar-refractivity contribution in [3.63, 3.8) is 0 Å². The second kappa shape index (κ2) is 8.72. The standard InChI is InChI=1S/C12H24N2O2.ClH/c1-16-9-5-2-6-11(15)14-12(10-13)7-3-4-8-12;/h2-10,13H2,1H3,(H,14,15);1H. The predicted molar refractivity (Wildman–Crippen MR) is 71.4 cm³/mol. The predicted octanol–water partition coefficient (Wildman–Crippen LogP) is 1.61. The third kappa shape index (κ3) is 5.70. The molecule has 3 N–H and O–H groups in total. The first kappa shape index (κ1) is 16.7. The number of rotatable bonds is 7. The topological polar surface area (TPSA) is 64.3 Å². The van der Waals surface area contributed by atoms with Gasteiger partial charge in [0, 0.05) is 26.7 Å². The third-order valence-corrected chi connectivity index (χ3v) is 3.36. The first-order valence-corrected chi connectivity index (χ1v) is 6.22. The van der Waals surface area contributed by atoms with E-state index < -0.39 is 0 Å². The first-order valence-electron chi connectivity index (χ1n) is 6.22. The van der Waals surface area contributed by atoms with Gasteiger partial charge in [-0.2, -0.15) is 0 Å². The molecule has 1 fully saturated rings. The molecule has 0 bridgehead atoms. The van der Waals surface area contributed by atoms with E-state index in [-0.39, 0.29) is 23.9 Å². The Hall–Kier alpha value is -0.320. The van der Waals surface area contributed by atoms with Gasteiger partial charge in [0.15, 0.2) is 0 Å². The van der Waals surface area contributed by atoms with E-state index in [1.807, 2.05) is 0 Å². The largest absolute Gasteiger partial charge is 0.385 e. The van der Waals surface area contributed by atoms with Gasteiger partial charge in [0.05, 0.1) is 5.54 Å². The van der Waals surface area contributed by atoms with E-state index in [1.54, 1.807) is 7.11 Å². The molecule has 5 heteroatoms. The summed E-state index contributed by atoms with van der Waals surface area (Å²) in [4.78, 5) is 11.7. The van der Waals surface area contributed by atoms with Crippen molar-refractivity contribution in [3.05, 3.63) is 0 Å². The first-order chi connectivity index (χ1) is 7.72. The molecule has 1 rings (SSSR count). The molecule has 0 radical (unpaired) electrons. The third-order valence-electron chi connectivity index (χ3n) is 3.36. The molecular weight excluding hydrogens is 240 g/mol. The summed E-state index contributed by atoms with van der Waals surface area (Å²) in [6.07, 6.45) is 6.86. The van der Waals surface area contributed by atoms with E-state index in [2.05, 4.69) is 5.32 Å². The summed E-state index contributed by atoms with van der Waals surface area (Å²) in [7, 11) is 1.68. The van der Waals surface area contributed by atoms with Crippen LogP contribution in [0.5, 0.6) is 0 Å². The van der Waals surface area contributed by atoms with Gasteiger partial charge in [-0.3, -0.25) is 4.79 Å². The summed E-state index contributed by atoms with van der Waals surface area (Å²) in [5, 5.41) is 3.11. The molecule has 0 spiro atoms. The van der Waals surface area contributed by atoms with Crippen LogP contribution in [0.4, 0.5) is 0 Å². The van der Waals surface area contributed by atoms with Gasteiger partial charge in [-0.05, 0) is 25.7 Å². The lowest BCUT2D eigenvalue weighted by atomic mass is 9.97. The summed E-state index contributed by atoms with van der Waals surface area (Å²) in [5.41, 5.74) is 5.66. The molecule has 1 saturated carbocycles. The Bertz CT molecular complexity index is 219. The van der Waals surface area contributed by atoms with Crippen LogP contribution in [0.2, 0.25) is 0 Å². The lowest BCUT2D eigenvalue weighted by Gasteiger charge is -2.28. The number of hydrogen-bond donors (Lipinski definition) is 2. The molecule has 0 aromatic heterocycles. The highest BCUT2D eigenvalue weighted by Crippen LogP contribution is 2.28. The fraction of sp³-hybridized carbons (Fsp3) is 0.917. The van der Waals surface area contributed by atoms with Crippen molar-refractivity contribution < 1.29 is 9.53 Å². The minimum atomic E-state index is -0.0989. The lowest BCUT2D eigenvalue weighted by Crippen LogP contribution is -2.51. The maximum atomic E-state index is 11.7. The molecule has 1 aliphatic carbocycles. The van der Waals surface area contributed by atoms with Gasteiger partial charge in [0.1, 0.15) is 0 Å². The van der Waals surface area contributed by atoms with Crippen LogP contribution < -0.4 is 11.1 Å². The van der Waals surface area contributed by atoms with Crippen molar-refractivity contribution in [2.45, 2.75) is 50.5 Å². The molecule has 102 valence electrons. The van der Waals surface area contributed by atoms with E-state index in [0.717, 1.165) is 32.3 Å². The Morgan fingerprint density at radius 2 is 2.00 bits per heavy atom. The number of nitrogens with two attached hydrogens (primary N) is 1. The fourth-order valence-corrected chi connectivity index (χ4v) is 2.32. The van der Waals surface area contributed by atoms with Crippen LogP contribution in [0.15, 0.2) is 0 Å². The van der Waals surface area contributed by atoms with Gasteiger partial charge in [0.2, 0.25) is 5.91 Å². The highest BCUT2D eigenvalue weighted by molar-refractivity contribution is 5.85. The normalized spacial score (nSPS) is 17.5. The Morgan fingerprint density at radius 3 is 2.53 bits per heavy atom. The molecule has 0 aromatic carbocycles. The fourth-order valence-electron chi connectivity index (χ4n) is 2.32. The molecule has 0 atom stereocenters. The van der Waals surface area contributed by atoms with Crippen molar-refractivity contribution in [3.8, 4) is 0 Å². The van der Waals surface area contributed by atoms with Crippen molar-refractivity contribution in [1.82, 2.24) is 5.32 Å². The number of hydrogen-bond acceptors (Lipinski definition) is 3. The number of methoxy groups -OCH3 is 1. The summed E-state index contributed by atoms with van der Waals surface area (Å²) in [6, 6.07) is 0. The average molecular weight is 265 g/mol. The van der Waals surface area contributed by atoms with Crippen LogP contribution in [0.3, 0.4) is 0 Å². The van der Waals surface area contributed by atoms with Gasteiger partial charge >= 0.3 is 0 Å². The summed E-state index contributed by atoms with van der Waals surface area (Å²) in [5.74, 6) is 0.142. The quantitative estimate of drug-likeness (QED) is 0.687. The van der Waals surface area contributed by atoms with Crippen molar-refractivity contribution in [2.24, 2.45) is 5.73 Å². The Labute approximate surface area is 110 Å². The zero-order valence-corrected chi connectivity index (χ0v) is 11.5. The average Bonchev–Trinajstić information content (AvgIpc) is 2.74. The Kier molecular flexibility index (Phi) is 8.56. The molecule has 1 amide bonds. The van der Waals surface area contributed by atoms with E-state index in [0.29, 0.717) is 13.0 Å². The molecule has 17 heavy (non-hydrogen) atoms. The number of nitrogens with one attached hydrogen (secondary N) is 1. The van der Waals surface area contributed by atoms with Gasteiger partial charge in [0.25, 0.3) is 0 Å². The molecule has 1 aliphatic rings. The molecule has 0 saturated heterocycles. The summed E-state index contributed by atoms with van der Waals surface area (Å²) in [6.45, 7) is 1.30. The highest BCUT2D eigenvalue weighted by Gasteiger charge is 2.33. The van der Waals surface area contributed by atoms with Gasteiger partial charge in [-0.15, -0.1) is 12.4 Å². The number of halogens is 1. The number of ether oxygens (including phenoxy) is 1. The Balaban J connectivity index is 0.00000256. The minimum absolute atomic E-state index is 0. The molecule has 0 heterocycles. The minimum Gasteiger partial charge on any atom is -0.385 e.